The highest BCUT2D eigenvalue weighted by Crippen LogP contribution is 2.30. The molecule has 1 aromatic rings. The van der Waals surface area contributed by atoms with Crippen LogP contribution in [0.2, 0.25) is 0 Å². The largest absolute Gasteiger partial charge is 0.508 e. The molecule has 1 aliphatic rings. The molecule has 69 heavy (non-hydrogen) atoms. The summed E-state index contributed by atoms with van der Waals surface area (Å²) in [5, 5.41) is 38.8. The van der Waals surface area contributed by atoms with Gasteiger partial charge >= 0.3 is 11.9 Å². The number of carbonyl (C=O) groups excluding carboxylic acids is 6. The zero-order valence-electron chi connectivity index (χ0n) is 40.1. The van der Waals surface area contributed by atoms with E-state index in [1.807, 2.05) is 0 Å². The van der Waals surface area contributed by atoms with E-state index < -0.39 is 65.7 Å². The number of unbranched alkanes of at least 4 members (excludes halogenated alkanes) is 15. The third kappa shape index (κ3) is 29.0. The molecule has 0 aliphatic carbocycles. The van der Waals surface area contributed by atoms with Gasteiger partial charge in [-0.2, -0.15) is 0 Å². The third-order valence-electron chi connectivity index (χ3n) is 11.9. The molecule has 0 aromatic heterocycles. The molecule has 1 aromatic carbocycles. The average Bonchev–Trinajstić information content (AvgIpc) is 3.29. The summed E-state index contributed by atoms with van der Waals surface area (Å²) < 4.78 is 0. The predicted octanol–water partition coefficient (Wildman–Crippen LogP) is 4.40. The number of carboxylic acids is 2. The Morgan fingerprint density at radius 1 is 0.652 bits per heavy atom. The fourth-order valence-corrected chi connectivity index (χ4v) is 10.3. The Balaban J connectivity index is 1.78. The average molecular weight is 1010 g/mol. The number of guanidine groups is 1. The molecule has 388 valence electrons. The van der Waals surface area contributed by atoms with E-state index in [1.54, 1.807) is 12.1 Å². The molecule has 1 saturated heterocycles. The lowest BCUT2D eigenvalue weighted by molar-refractivity contribution is -0.142. The van der Waals surface area contributed by atoms with E-state index >= 15 is 0 Å². The fourth-order valence-electron chi connectivity index (χ4n) is 7.77. The Labute approximate surface area is 414 Å². The maximum absolute atomic E-state index is 13.7. The van der Waals surface area contributed by atoms with Crippen LogP contribution >= 0.6 is 21.6 Å². The van der Waals surface area contributed by atoms with Crippen LogP contribution in [0.3, 0.4) is 0 Å². The minimum Gasteiger partial charge on any atom is -0.508 e. The van der Waals surface area contributed by atoms with Crippen molar-refractivity contribution in [3.8, 4) is 5.75 Å². The number of nitrogens with zero attached hydrogens (tertiary/aromatic N) is 1. The molecule has 1 fully saturated rings. The molecule has 5 atom stereocenters. The Hall–Kier alpha value is -4.89. The standard InChI is InChI=1S/C48H78N8O11S2/c49-45(64)38(28-33-21-23-35(57)24-22-33)53-30-41(59)34-29-40(58)39(32-69-68-31-34)56-46(65)36(18-17-27-52-48(50)51)54-43(61)26-25-37(47(66)67)55-42(60)19-15-13-11-9-7-5-3-1-2-4-6-8-10-12-14-16-20-44(62)63/h21-24,34,36-39,53,57H,1-20,25-32H2,(H2,49,64)(H,54,61)(H,55,60)(H,56,65)(H,62,63)(H,66,67)(H4,50,51,52)/t34-,36-,37?,38-,39-/m0/s1. The molecule has 2 rings (SSSR count). The van der Waals surface area contributed by atoms with Crippen molar-refractivity contribution in [3.05, 3.63) is 29.8 Å². The quantitative estimate of drug-likeness (QED) is 0.0190. The molecule has 0 spiro atoms. The minimum absolute atomic E-state index is 0.0636. The van der Waals surface area contributed by atoms with Crippen LogP contribution in [-0.2, 0) is 44.8 Å². The number of phenols is 1. The first-order chi connectivity index (χ1) is 33.0. The topological polar surface area (TPSA) is 336 Å². The summed E-state index contributed by atoms with van der Waals surface area (Å²) in [6.45, 7) is -0.0784. The molecule has 13 N–H and O–H groups in total. The van der Waals surface area contributed by atoms with Crippen LogP contribution in [0, 0.1) is 5.92 Å². The van der Waals surface area contributed by atoms with E-state index in [1.165, 1.54) is 85.1 Å². The normalized spacial score (nSPS) is 16.2. The Morgan fingerprint density at radius 3 is 1.71 bits per heavy atom. The molecule has 19 nitrogen and oxygen atoms in total. The number of aromatic hydroxyl groups is 1. The molecule has 1 unspecified atom stereocenters. The van der Waals surface area contributed by atoms with Gasteiger partial charge in [0.2, 0.25) is 23.6 Å². The summed E-state index contributed by atoms with van der Waals surface area (Å²) >= 11 is 0. The van der Waals surface area contributed by atoms with Crippen molar-refractivity contribution in [2.24, 2.45) is 28.1 Å². The van der Waals surface area contributed by atoms with Gasteiger partial charge in [-0.05, 0) is 56.2 Å². The highest BCUT2D eigenvalue weighted by molar-refractivity contribution is 8.76. The maximum Gasteiger partial charge on any atom is 0.326 e. The van der Waals surface area contributed by atoms with E-state index in [2.05, 4.69) is 26.3 Å². The second-order valence-corrected chi connectivity index (χ2v) is 20.3. The third-order valence-corrected chi connectivity index (χ3v) is 14.4. The fraction of sp³-hybridized carbons (Fsp3) is 0.688. The SMILES string of the molecule is NC(=O)[C@H](Cc1ccc(O)cc1)NCC(=O)[C@@H]1CSSC[C@H](NC(=O)[C@H](CCCN=C(N)N)NC(=O)CCC(NC(=O)CCCCCCCCCCCCCCCCCCC(=O)O)C(=O)O)C(=O)C1. The smallest absolute Gasteiger partial charge is 0.326 e. The van der Waals surface area contributed by atoms with Crippen molar-refractivity contribution in [3.63, 3.8) is 0 Å². The summed E-state index contributed by atoms with van der Waals surface area (Å²) in [6, 6.07) is 1.90. The van der Waals surface area contributed by atoms with Crippen LogP contribution in [0.4, 0.5) is 0 Å². The first kappa shape index (κ1) is 60.2. The number of phenolic OH excluding ortho intramolecular Hbond substituents is 1. The molecule has 21 heteroatoms. The number of Topliss-reactive ketones (excluding diaryl/α,β-unsaturated/α-hetero) is 2. The first-order valence-corrected chi connectivity index (χ1v) is 27.0. The molecular weight excluding hydrogens is 929 g/mol. The zero-order chi connectivity index (χ0) is 50.8. The second kappa shape index (κ2) is 36.1. The lowest BCUT2D eigenvalue weighted by Gasteiger charge is -2.26. The minimum atomic E-state index is -1.32. The van der Waals surface area contributed by atoms with Gasteiger partial charge in [0, 0.05) is 49.7 Å². The van der Waals surface area contributed by atoms with Crippen molar-refractivity contribution < 1.29 is 53.7 Å². The number of amides is 4. The van der Waals surface area contributed by atoms with Gasteiger partial charge in [0.15, 0.2) is 17.5 Å². The van der Waals surface area contributed by atoms with E-state index in [0.717, 1.165) is 44.9 Å². The van der Waals surface area contributed by atoms with Crippen LogP contribution in [0.1, 0.15) is 153 Å². The summed E-state index contributed by atoms with van der Waals surface area (Å²) in [5.74, 6) is -5.39. The molecule has 0 saturated carbocycles. The number of benzene rings is 1. The summed E-state index contributed by atoms with van der Waals surface area (Å²) in [6.07, 6.45) is 17.5. The molecule has 1 heterocycles. The monoisotopic (exact) mass is 1010 g/mol. The van der Waals surface area contributed by atoms with Crippen molar-refractivity contribution in [1.82, 2.24) is 21.3 Å². The maximum atomic E-state index is 13.7. The van der Waals surface area contributed by atoms with Gasteiger partial charge in [-0.25, -0.2) is 4.79 Å². The van der Waals surface area contributed by atoms with Gasteiger partial charge < -0.3 is 48.5 Å². The highest BCUT2D eigenvalue weighted by atomic mass is 33.1. The van der Waals surface area contributed by atoms with Gasteiger partial charge in [0.1, 0.15) is 17.8 Å². The molecule has 4 amide bonds. The zero-order valence-corrected chi connectivity index (χ0v) is 41.7. The number of hydrogen-bond donors (Lipinski definition) is 10. The van der Waals surface area contributed by atoms with E-state index in [4.69, 9.17) is 22.3 Å². The molecular formula is C48H78N8O11S2. The second-order valence-electron chi connectivity index (χ2n) is 17.8. The number of primary amides is 1. The van der Waals surface area contributed by atoms with E-state index in [0.29, 0.717) is 17.7 Å². The lowest BCUT2D eigenvalue weighted by atomic mass is 9.95. The number of carboxylic acid groups (broad SMARTS) is 2. The van der Waals surface area contributed by atoms with Crippen LogP contribution in [0.5, 0.6) is 5.75 Å². The lowest BCUT2D eigenvalue weighted by Crippen LogP contribution is -2.53. The van der Waals surface area contributed by atoms with Gasteiger partial charge in [-0.15, -0.1) is 0 Å². The van der Waals surface area contributed by atoms with Gasteiger partial charge in [-0.1, -0.05) is 124 Å². The number of aliphatic carboxylic acids is 2. The van der Waals surface area contributed by atoms with Crippen molar-refractivity contribution in [2.75, 3.05) is 24.6 Å². The van der Waals surface area contributed by atoms with Crippen LogP contribution in [0.15, 0.2) is 29.3 Å². The van der Waals surface area contributed by atoms with E-state index in [9.17, 15) is 48.6 Å². The Bertz CT molecular complexity index is 1780. The van der Waals surface area contributed by atoms with Crippen LogP contribution in [-0.4, -0.2) is 117 Å². The van der Waals surface area contributed by atoms with Crippen molar-refractivity contribution in [2.45, 2.75) is 178 Å². The van der Waals surface area contributed by atoms with Crippen molar-refractivity contribution in [1.29, 1.82) is 0 Å². The first-order valence-electron chi connectivity index (χ1n) is 24.5. The number of rotatable bonds is 38. The van der Waals surface area contributed by atoms with E-state index in [-0.39, 0.29) is 93.5 Å². The predicted molar refractivity (Wildman–Crippen MR) is 269 cm³/mol. The highest BCUT2D eigenvalue weighted by Gasteiger charge is 2.33. The molecule has 1 aliphatic heterocycles. The van der Waals surface area contributed by atoms with Gasteiger partial charge in [0.25, 0.3) is 0 Å². The number of ketones is 2. The van der Waals surface area contributed by atoms with Crippen molar-refractivity contribution >= 4 is 74.7 Å². The molecule has 0 bridgehead atoms. The van der Waals surface area contributed by atoms with Gasteiger partial charge in [0.05, 0.1) is 18.6 Å². The van der Waals surface area contributed by atoms with Crippen LogP contribution in [0.25, 0.3) is 0 Å². The Morgan fingerprint density at radius 2 is 1.17 bits per heavy atom. The number of aliphatic imine (C=N–C) groups is 1. The number of nitrogens with one attached hydrogen (secondary N) is 4. The Kier molecular flexibility index (Phi) is 31.5. The number of carbonyl (C=O) groups is 8. The number of nitrogens with two attached hydrogens (primary N) is 3. The van der Waals surface area contributed by atoms with Crippen LogP contribution < -0.4 is 38.5 Å². The number of hydrogen-bond acceptors (Lipinski definition) is 13. The van der Waals surface area contributed by atoms with Gasteiger partial charge in [-0.3, -0.25) is 43.9 Å². The summed E-state index contributed by atoms with van der Waals surface area (Å²) in [4.78, 5) is 105. The molecule has 0 radical (unpaired) electrons. The summed E-state index contributed by atoms with van der Waals surface area (Å²) in [7, 11) is 2.67. The summed E-state index contributed by atoms with van der Waals surface area (Å²) in [5.41, 5.74) is 17.2.